The third kappa shape index (κ3) is 4.30. The number of carbonyl (C=O) groups is 3. The van der Waals surface area contributed by atoms with Gasteiger partial charge in [-0.3, -0.25) is 9.59 Å². The molecule has 0 aliphatic carbocycles. The Kier molecular flexibility index (Phi) is 5.70. The number of ether oxygens (including phenoxy) is 1. The van der Waals surface area contributed by atoms with Crippen LogP contribution in [0.4, 0.5) is 11.4 Å². The molecule has 2 heterocycles. The van der Waals surface area contributed by atoms with E-state index in [0.29, 0.717) is 24.3 Å². The average Bonchev–Trinajstić information content (AvgIpc) is 3.20. The summed E-state index contributed by atoms with van der Waals surface area (Å²) in [5.41, 5.74) is 7.67. The maximum Gasteiger partial charge on any atom is 0.343 e. The Balaban J connectivity index is 1.38. The molecule has 2 N–H and O–H groups in total. The molecule has 2 aromatic carbocycles. The van der Waals surface area contributed by atoms with Crippen molar-refractivity contribution >= 4 is 29.2 Å². The summed E-state index contributed by atoms with van der Waals surface area (Å²) in [5.74, 6) is -0.294. The van der Waals surface area contributed by atoms with Crippen molar-refractivity contribution in [3.05, 3.63) is 54.1 Å². The van der Waals surface area contributed by atoms with Crippen molar-refractivity contribution < 1.29 is 19.1 Å². The molecule has 2 fully saturated rings. The summed E-state index contributed by atoms with van der Waals surface area (Å²) in [5, 5.41) is 0. The highest BCUT2D eigenvalue weighted by Gasteiger charge is 2.24. The summed E-state index contributed by atoms with van der Waals surface area (Å²) >= 11 is 0. The number of nitrogens with zero attached hydrogens (tertiary/aromatic N) is 2. The first-order valence-corrected chi connectivity index (χ1v) is 10.3. The van der Waals surface area contributed by atoms with Crippen molar-refractivity contribution in [2.24, 2.45) is 11.7 Å². The van der Waals surface area contributed by atoms with Gasteiger partial charge in [0.05, 0.1) is 11.5 Å². The number of esters is 1. The molecule has 7 nitrogen and oxygen atoms in total. The zero-order chi connectivity index (χ0) is 21.1. The second kappa shape index (κ2) is 8.57. The van der Waals surface area contributed by atoms with Crippen LogP contribution >= 0.6 is 0 Å². The molecule has 156 valence electrons. The number of hydrogen-bond donors (Lipinski definition) is 1. The Labute approximate surface area is 175 Å². The average molecular weight is 407 g/mol. The van der Waals surface area contributed by atoms with Gasteiger partial charge in [-0.2, -0.15) is 0 Å². The van der Waals surface area contributed by atoms with Gasteiger partial charge in [-0.05, 0) is 67.8 Å². The van der Waals surface area contributed by atoms with Gasteiger partial charge in [0.25, 0.3) is 0 Å². The van der Waals surface area contributed by atoms with Crippen molar-refractivity contribution in [1.82, 2.24) is 0 Å². The summed E-state index contributed by atoms with van der Waals surface area (Å²) in [7, 11) is 0. The van der Waals surface area contributed by atoms with E-state index in [1.807, 2.05) is 12.1 Å². The molecule has 4 rings (SSSR count). The number of amides is 2. The van der Waals surface area contributed by atoms with Gasteiger partial charge in [0.2, 0.25) is 11.8 Å². The minimum absolute atomic E-state index is 0.121. The molecule has 2 aliphatic rings. The van der Waals surface area contributed by atoms with Gasteiger partial charge in [-0.1, -0.05) is 0 Å². The van der Waals surface area contributed by atoms with Crippen molar-refractivity contribution in [2.75, 3.05) is 29.4 Å². The van der Waals surface area contributed by atoms with Crippen LogP contribution in [-0.2, 0) is 9.59 Å². The van der Waals surface area contributed by atoms with Crippen LogP contribution in [0.15, 0.2) is 48.5 Å². The summed E-state index contributed by atoms with van der Waals surface area (Å²) in [6.07, 6.45) is 3.18. The van der Waals surface area contributed by atoms with Gasteiger partial charge in [0.1, 0.15) is 5.75 Å². The van der Waals surface area contributed by atoms with E-state index in [2.05, 4.69) is 4.90 Å². The van der Waals surface area contributed by atoms with Crippen LogP contribution in [-0.4, -0.2) is 37.4 Å². The Bertz CT molecular complexity index is 940. The Hall–Kier alpha value is -3.35. The molecule has 2 aromatic rings. The molecule has 2 aliphatic heterocycles. The molecule has 0 saturated carbocycles. The molecule has 30 heavy (non-hydrogen) atoms. The Morgan fingerprint density at radius 2 is 1.63 bits per heavy atom. The molecular formula is C23H25N3O4. The second-order valence-corrected chi connectivity index (χ2v) is 7.77. The summed E-state index contributed by atoms with van der Waals surface area (Å²) in [6.45, 7) is 2.19. The summed E-state index contributed by atoms with van der Waals surface area (Å²) in [6, 6.07) is 14.2. The van der Waals surface area contributed by atoms with Crippen LogP contribution in [0, 0.1) is 5.92 Å². The topological polar surface area (TPSA) is 92.9 Å². The molecule has 7 heteroatoms. The number of benzene rings is 2. The van der Waals surface area contributed by atoms with Gasteiger partial charge in [0.15, 0.2) is 0 Å². The fourth-order valence-electron chi connectivity index (χ4n) is 4.03. The monoisotopic (exact) mass is 407 g/mol. The highest BCUT2D eigenvalue weighted by Crippen LogP contribution is 2.26. The fraction of sp³-hybridized carbons (Fsp3) is 0.348. The van der Waals surface area contributed by atoms with Gasteiger partial charge >= 0.3 is 5.97 Å². The van der Waals surface area contributed by atoms with E-state index >= 15 is 0 Å². The highest BCUT2D eigenvalue weighted by molar-refractivity contribution is 5.95. The molecule has 2 amide bonds. The predicted octanol–water partition coefficient (Wildman–Crippen LogP) is 2.73. The maximum absolute atomic E-state index is 12.5. The quantitative estimate of drug-likeness (QED) is 0.608. The number of hydrogen-bond acceptors (Lipinski definition) is 5. The van der Waals surface area contributed by atoms with Crippen molar-refractivity contribution in [2.45, 2.75) is 25.7 Å². The van der Waals surface area contributed by atoms with Crippen molar-refractivity contribution in [3.8, 4) is 5.75 Å². The number of primary amides is 1. The maximum atomic E-state index is 12.5. The summed E-state index contributed by atoms with van der Waals surface area (Å²) in [4.78, 5) is 39.6. The minimum atomic E-state index is -0.444. The predicted molar refractivity (Wildman–Crippen MR) is 114 cm³/mol. The lowest BCUT2D eigenvalue weighted by molar-refractivity contribution is -0.122. The zero-order valence-electron chi connectivity index (χ0n) is 16.8. The second-order valence-electron chi connectivity index (χ2n) is 7.77. The minimum Gasteiger partial charge on any atom is -0.423 e. The molecular weight excluding hydrogens is 382 g/mol. The van der Waals surface area contributed by atoms with Gasteiger partial charge in [0, 0.05) is 37.4 Å². The molecule has 0 aromatic heterocycles. The number of nitrogens with two attached hydrogens (primary N) is 1. The Morgan fingerprint density at radius 3 is 2.27 bits per heavy atom. The lowest BCUT2D eigenvalue weighted by Gasteiger charge is -2.33. The SMILES string of the molecule is NC(=O)[C@H]1CCCN(c2ccc(C(=O)Oc3ccc(N4CCCC4=O)cc3)cc2)C1. The number of piperidine rings is 1. The van der Waals surface area contributed by atoms with E-state index in [0.717, 1.165) is 43.7 Å². The Morgan fingerprint density at radius 1 is 0.933 bits per heavy atom. The van der Waals surface area contributed by atoms with Crippen LogP contribution in [0.1, 0.15) is 36.0 Å². The van der Waals surface area contributed by atoms with E-state index < -0.39 is 5.97 Å². The lowest BCUT2D eigenvalue weighted by Crippen LogP contribution is -2.41. The first-order valence-electron chi connectivity index (χ1n) is 10.3. The first kappa shape index (κ1) is 19.9. The van der Waals surface area contributed by atoms with E-state index in [9.17, 15) is 14.4 Å². The molecule has 1 atom stereocenters. The van der Waals surface area contributed by atoms with E-state index in [1.165, 1.54) is 0 Å². The van der Waals surface area contributed by atoms with E-state index in [-0.39, 0.29) is 17.7 Å². The largest absolute Gasteiger partial charge is 0.423 e. The molecule has 0 radical (unpaired) electrons. The van der Waals surface area contributed by atoms with Crippen molar-refractivity contribution in [1.29, 1.82) is 0 Å². The highest BCUT2D eigenvalue weighted by atomic mass is 16.5. The van der Waals surface area contributed by atoms with Crippen LogP contribution in [0.25, 0.3) is 0 Å². The normalized spacial score (nSPS) is 19.1. The standard InChI is InChI=1S/C23H25N3O4/c24-22(28)17-3-1-13-25(15-17)18-7-5-16(6-8-18)23(29)30-20-11-9-19(10-12-20)26-14-2-4-21(26)27/h5-12,17H,1-4,13-15H2,(H2,24,28)/t17-/m0/s1. The van der Waals surface area contributed by atoms with Gasteiger partial charge in [-0.15, -0.1) is 0 Å². The van der Waals surface area contributed by atoms with Crippen molar-refractivity contribution in [3.63, 3.8) is 0 Å². The molecule has 0 unspecified atom stereocenters. The van der Waals surface area contributed by atoms with Crippen LogP contribution in [0.3, 0.4) is 0 Å². The van der Waals surface area contributed by atoms with Crippen LogP contribution in [0.5, 0.6) is 5.75 Å². The third-order valence-electron chi connectivity index (χ3n) is 5.72. The van der Waals surface area contributed by atoms with Crippen LogP contribution in [0.2, 0.25) is 0 Å². The molecule has 2 saturated heterocycles. The van der Waals surface area contributed by atoms with E-state index in [4.69, 9.17) is 10.5 Å². The number of rotatable bonds is 5. The third-order valence-corrected chi connectivity index (χ3v) is 5.72. The summed E-state index contributed by atoms with van der Waals surface area (Å²) < 4.78 is 5.46. The smallest absolute Gasteiger partial charge is 0.343 e. The molecule has 0 spiro atoms. The molecule has 0 bridgehead atoms. The van der Waals surface area contributed by atoms with E-state index in [1.54, 1.807) is 41.3 Å². The fourth-order valence-corrected chi connectivity index (χ4v) is 4.03. The lowest BCUT2D eigenvalue weighted by atomic mass is 9.97. The van der Waals surface area contributed by atoms with Gasteiger partial charge in [-0.25, -0.2) is 4.79 Å². The zero-order valence-corrected chi connectivity index (χ0v) is 16.8. The number of anilines is 2. The van der Waals surface area contributed by atoms with Crippen LogP contribution < -0.4 is 20.3 Å². The number of carbonyl (C=O) groups excluding carboxylic acids is 3. The first-order chi connectivity index (χ1) is 14.5. The van der Waals surface area contributed by atoms with Gasteiger partial charge < -0.3 is 20.3 Å².